The first kappa shape index (κ1) is 10.8. The number of amidine groups is 1. The number of hydrogen-bond donors (Lipinski definition) is 1. The lowest BCUT2D eigenvalue weighted by molar-refractivity contribution is -0.120. The quantitative estimate of drug-likeness (QED) is 0.891. The lowest BCUT2D eigenvalue weighted by atomic mass is 10.1. The van der Waals surface area contributed by atoms with E-state index in [4.69, 9.17) is 0 Å². The standard InChI is InChI=1S/C10H11BrN2OS/c1-5(2)8-10(14)13-9(12-8)6-3-4-7(11)15-6/h3-5,8H,1-2H3,(H,12,13,14). The van der Waals surface area contributed by atoms with Crippen LogP contribution in [0.2, 0.25) is 0 Å². The number of halogens is 1. The molecule has 0 fully saturated rings. The maximum Gasteiger partial charge on any atom is 0.250 e. The van der Waals surface area contributed by atoms with Gasteiger partial charge in [0.2, 0.25) is 0 Å². The first-order valence-electron chi connectivity index (χ1n) is 4.72. The molecule has 15 heavy (non-hydrogen) atoms. The molecular formula is C10H11BrN2OS. The third-order valence-corrected chi connectivity index (χ3v) is 3.85. The molecular weight excluding hydrogens is 276 g/mol. The van der Waals surface area contributed by atoms with Crippen molar-refractivity contribution in [1.82, 2.24) is 5.32 Å². The van der Waals surface area contributed by atoms with Crippen LogP contribution < -0.4 is 5.32 Å². The average Bonchev–Trinajstić information content (AvgIpc) is 2.71. The van der Waals surface area contributed by atoms with Gasteiger partial charge in [-0.3, -0.25) is 9.79 Å². The van der Waals surface area contributed by atoms with Crippen LogP contribution in [0.4, 0.5) is 0 Å². The number of carbonyl (C=O) groups is 1. The van der Waals surface area contributed by atoms with E-state index in [0.717, 1.165) is 8.66 Å². The van der Waals surface area contributed by atoms with Crippen LogP contribution in [0.1, 0.15) is 18.7 Å². The molecule has 3 nitrogen and oxygen atoms in total. The van der Waals surface area contributed by atoms with Crippen molar-refractivity contribution in [3.05, 3.63) is 20.8 Å². The van der Waals surface area contributed by atoms with Gasteiger partial charge in [0.05, 0.1) is 8.66 Å². The van der Waals surface area contributed by atoms with Crippen LogP contribution in [0.3, 0.4) is 0 Å². The number of aliphatic imine (C=N–C) groups is 1. The zero-order valence-electron chi connectivity index (χ0n) is 8.45. The molecule has 0 aromatic carbocycles. The Morgan fingerprint density at radius 2 is 2.27 bits per heavy atom. The molecule has 0 spiro atoms. The number of nitrogens with one attached hydrogen (secondary N) is 1. The van der Waals surface area contributed by atoms with E-state index in [-0.39, 0.29) is 17.9 Å². The predicted octanol–water partition coefficient (Wildman–Crippen LogP) is 2.41. The summed E-state index contributed by atoms with van der Waals surface area (Å²) in [4.78, 5) is 17.0. The van der Waals surface area contributed by atoms with Crippen molar-refractivity contribution in [3.8, 4) is 0 Å². The molecule has 1 aromatic heterocycles. The maximum absolute atomic E-state index is 11.6. The summed E-state index contributed by atoms with van der Waals surface area (Å²) in [6.07, 6.45) is 0. The highest BCUT2D eigenvalue weighted by atomic mass is 79.9. The number of carbonyl (C=O) groups excluding carboxylic acids is 1. The van der Waals surface area contributed by atoms with Crippen molar-refractivity contribution in [2.75, 3.05) is 0 Å². The van der Waals surface area contributed by atoms with E-state index in [1.165, 1.54) is 0 Å². The van der Waals surface area contributed by atoms with Crippen molar-refractivity contribution >= 4 is 39.0 Å². The molecule has 2 rings (SSSR count). The summed E-state index contributed by atoms with van der Waals surface area (Å²) >= 11 is 4.96. The second-order valence-electron chi connectivity index (χ2n) is 3.76. The Bertz CT molecular complexity index is 425. The fourth-order valence-electron chi connectivity index (χ4n) is 1.44. The van der Waals surface area contributed by atoms with Crippen molar-refractivity contribution in [3.63, 3.8) is 0 Å². The van der Waals surface area contributed by atoms with Crippen LogP contribution in [0.15, 0.2) is 20.9 Å². The first-order valence-corrected chi connectivity index (χ1v) is 6.33. The summed E-state index contributed by atoms with van der Waals surface area (Å²) in [5.74, 6) is 0.949. The third kappa shape index (κ3) is 2.13. The number of hydrogen-bond acceptors (Lipinski definition) is 3. The van der Waals surface area contributed by atoms with Crippen molar-refractivity contribution < 1.29 is 4.79 Å². The molecule has 1 atom stereocenters. The van der Waals surface area contributed by atoms with Gasteiger partial charge in [-0.25, -0.2) is 0 Å². The lowest BCUT2D eigenvalue weighted by Gasteiger charge is -2.06. The topological polar surface area (TPSA) is 41.5 Å². The Morgan fingerprint density at radius 3 is 2.73 bits per heavy atom. The molecule has 0 bridgehead atoms. The Morgan fingerprint density at radius 1 is 1.53 bits per heavy atom. The molecule has 1 aromatic rings. The van der Waals surface area contributed by atoms with E-state index in [1.807, 2.05) is 26.0 Å². The summed E-state index contributed by atoms with van der Waals surface area (Å²) in [7, 11) is 0. The number of rotatable bonds is 2. The second kappa shape index (κ2) is 4.06. The highest BCUT2D eigenvalue weighted by Crippen LogP contribution is 2.24. The molecule has 0 aliphatic carbocycles. The van der Waals surface area contributed by atoms with E-state index in [0.29, 0.717) is 5.84 Å². The summed E-state index contributed by atoms with van der Waals surface area (Å²) in [5, 5.41) is 2.82. The fraction of sp³-hybridized carbons (Fsp3) is 0.400. The lowest BCUT2D eigenvalue weighted by Crippen LogP contribution is -2.31. The zero-order valence-corrected chi connectivity index (χ0v) is 10.9. The molecule has 1 aliphatic heterocycles. The summed E-state index contributed by atoms with van der Waals surface area (Å²) in [5.41, 5.74) is 0. The molecule has 0 saturated carbocycles. The fourth-order valence-corrected chi connectivity index (χ4v) is 2.78. The third-order valence-electron chi connectivity index (χ3n) is 2.22. The van der Waals surface area contributed by atoms with Gasteiger partial charge in [-0.2, -0.15) is 0 Å². The van der Waals surface area contributed by atoms with Gasteiger partial charge < -0.3 is 5.32 Å². The molecule has 0 radical (unpaired) electrons. The number of nitrogens with zero attached hydrogens (tertiary/aromatic N) is 1. The summed E-state index contributed by atoms with van der Waals surface area (Å²) < 4.78 is 1.04. The first-order chi connectivity index (χ1) is 7.08. The number of amides is 1. The molecule has 1 N–H and O–H groups in total. The highest BCUT2D eigenvalue weighted by molar-refractivity contribution is 9.11. The highest BCUT2D eigenvalue weighted by Gasteiger charge is 2.29. The van der Waals surface area contributed by atoms with Crippen LogP contribution in [0.25, 0.3) is 0 Å². The smallest absolute Gasteiger partial charge is 0.250 e. The van der Waals surface area contributed by atoms with E-state index >= 15 is 0 Å². The Balaban J connectivity index is 2.26. The van der Waals surface area contributed by atoms with Gasteiger partial charge in [0.25, 0.3) is 5.91 Å². The van der Waals surface area contributed by atoms with Gasteiger partial charge in [0.15, 0.2) is 0 Å². The Hall–Kier alpha value is -0.680. The molecule has 5 heteroatoms. The van der Waals surface area contributed by atoms with E-state index < -0.39 is 0 Å². The SMILES string of the molecule is CC(C)C1N=C(c2ccc(Br)s2)NC1=O. The molecule has 1 aliphatic rings. The van der Waals surface area contributed by atoms with Crippen LogP contribution >= 0.6 is 27.3 Å². The van der Waals surface area contributed by atoms with Crippen LogP contribution in [0, 0.1) is 5.92 Å². The van der Waals surface area contributed by atoms with Gasteiger partial charge in [-0.15, -0.1) is 11.3 Å². The largest absolute Gasteiger partial charge is 0.308 e. The van der Waals surface area contributed by atoms with E-state index in [2.05, 4.69) is 26.2 Å². The molecule has 1 unspecified atom stereocenters. The summed E-state index contributed by atoms with van der Waals surface area (Å²) in [6.45, 7) is 4.00. The van der Waals surface area contributed by atoms with E-state index in [1.54, 1.807) is 11.3 Å². The van der Waals surface area contributed by atoms with Gasteiger partial charge in [0.1, 0.15) is 11.9 Å². The number of thiophene rings is 1. The maximum atomic E-state index is 11.6. The van der Waals surface area contributed by atoms with Crippen LogP contribution in [-0.2, 0) is 4.79 Å². The van der Waals surface area contributed by atoms with Crippen LogP contribution in [0.5, 0.6) is 0 Å². The van der Waals surface area contributed by atoms with Gasteiger partial charge in [-0.05, 0) is 34.0 Å². The zero-order chi connectivity index (χ0) is 11.0. The van der Waals surface area contributed by atoms with Gasteiger partial charge in [-0.1, -0.05) is 13.8 Å². The molecule has 0 saturated heterocycles. The molecule has 80 valence electrons. The second-order valence-corrected chi connectivity index (χ2v) is 6.22. The molecule has 1 amide bonds. The van der Waals surface area contributed by atoms with E-state index in [9.17, 15) is 4.79 Å². The average molecular weight is 287 g/mol. The minimum atomic E-state index is -0.235. The Labute approximate surface area is 101 Å². The monoisotopic (exact) mass is 286 g/mol. The Kier molecular flexibility index (Phi) is 2.93. The predicted molar refractivity (Wildman–Crippen MR) is 65.3 cm³/mol. The van der Waals surface area contributed by atoms with Gasteiger partial charge in [0, 0.05) is 0 Å². The normalized spacial score (nSPS) is 20.7. The van der Waals surface area contributed by atoms with Crippen LogP contribution in [-0.4, -0.2) is 17.8 Å². The van der Waals surface area contributed by atoms with Crippen molar-refractivity contribution in [1.29, 1.82) is 0 Å². The summed E-state index contributed by atoms with van der Waals surface area (Å²) in [6, 6.07) is 3.68. The minimum absolute atomic E-state index is 0.00419. The minimum Gasteiger partial charge on any atom is -0.308 e. The molecule has 2 heterocycles. The van der Waals surface area contributed by atoms with Crippen molar-refractivity contribution in [2.24, 2.45) is 10.9 Å². The van der Waals surface area contributed by atoms with Gasteiger partial charge >= 0.3 is 0 Å². The van der Waals surface area contributed by atoms with Crippen molar-refractivity contribution in [2.45, 2.75) is 19.9 Å².